The molecule has 1 N–H and O–H groups in total. The van der Waals surface area contributed by atoms with Crippen LogP contribution in [0.3, 0.4) is 0 Å². The highest BCUT2D eigenvalue weighted by Crippen LogP contribution is 2.38. The molecule has 5 nitrogen and oxygen atoms in total. The summed E-state index contributed by atoms with van der Waals surface area (Å²) in [4.78, 5) is 19.6. The van der Waals surface area contributed by atoms with Crippen LogP contribution in [0.15, 0.2) is 34.9 Å². The number of benzene rings is 1. The SMILES string of the molecule is Cc1ccc(-c2nc(CNC(=O)C34CCCN3CCC4)co2)cc1. The van der Waals surface area contributed by atoms with Crippen molar-refractivity contribution in [1.82, 2.24) is 15.2 Å². The van der Waals surface area contributed by atoms with Crippen LogP contribution >= 0.6 is 0 Å². The molecule has 0 radical (unpaired) electrons. The minimum Gasteiger partial charge on any atom is -0.444 e. The van der Waals surface area contributed by atoms with Crippen molar-refractivity contribution in [2.45, 2.75) is 44.7 Å². The molecule has 0 atom stereocenters. The molecule has 4 rings (SSSR count). The van der Waals surface area contributed by atoms with Gasteiger partial charge in [0.25, 0.3) is 0 Å². The molecule has 2 fully saturated rings. The Hall–Kier alpha value is -2.14. The highest BCUT2D eigenvalue weighted by molar-refractivity contribution is 5.87. The third-order valence-corrected chi connectivity index (χ3v) is 5.35. The molecule has 0 bridgehead atoms. The fourth-order valence-electron chi connectivity index (χ4n) is 4.03. The summed E-state index contributed by atoms with van der Waals surface area (Å²) in [7, 11) is 0. The minimum absolute atomic E-state index is 0.150. The van der Waals surface area contributed by atoms with E-state index in [9.17, 15) is 4.79 Å². The highest BCUT2D eigenvalue weighted by atomic mass is 16.3. The Kier molecular flexibility index (Phi) is 3.88. The molecular formula is C19H23N3O2. The van der Waals surface area contributed by atoms with Gasteiger partial charge in [0.15, 0.2) is 0 Å². The summed E-state index contributed by atoms with van der Waals surface area (Å²) in [5, 5.41) is 3.07. The van der Waals surface area contributed by atoms with Crippen molar-refractivity contribution < 1.29 is 9.21 Å². The smallest absolute Gasteiger partial charge is 0.240 e. The predicted octanol–water partition coefficient (Wildman–Crippen LogP) is 2.89. The Labute approximate surface area is 142 Å². The van der Waals surface area contributed by atoms with Gasteiger partial charge in [-0.25, -0.2) is 4.98 Å². The van der Waals surface area contributed by atoms with Crippen molar-refractivity contribution in [3.8, 4) is 11.5 Å². The Morgan fingerprint density at radius 3 is 2.67 bits per heavy atom. The van der Waals surface area contributed by atoms with Gasteiger partial charge in [0.1, 0.15) is 11.8 Å². The van der Waals surface area contributed by atoms with Gasteiger partial charge in [-0.3, -0.25) is 9.69 Å². The maximum Gasteiger partial charge on any atom is 0.240 e. The van der Waals surface area contributed by atoms with Gasteiger partial charge in [0, 0.05) is 5.56 Å². The third-order valence-electron chi connectivity index (χ3n) is 5.35. The van der Waals surface area contributed by atoms with Crippen molar-refractivity contribution in [2.24, 2.45) is 0 Å². The molecule has 1 aromatic carbocycles. The minimum atomic E-state index is -0.260. The molecule has 2 aromatic rings. The molecule has 0 saturated carbocycles. The van der Waals surface area contributed by atoms with Gasteiger partial charge in [-0.15, -0.1) is 0 Å². The van der Waals surface area contributed by atoms with Crippen molar-refractivity contribution in [3.63, 3.8) is 0 Å². The van der Waals surface area contributed by atoms with Crippen molar-refractivity contribution in [3.05, 3.63) is 41.8 Å². The first-order valence-electron chi connectivity index (χ1n) is 8.72. The molecule has 0 unspecified atom stereocenters. The number of carbonyl (C=O) groups is 1. The second kappa shape index (κ2) is 6.06. The summed E-state index contributed by atoms with van der Waals surface area (Å²) >= 11 is 0. The Morgan fingerprint density at radius 1 is 1.25 bits per heavy atom. The molecule has 24 heavy (non-hydrogen) atoms. The summed E-state index contributed by atoms with van der Waals surface area (Å²) in [5.74, 6) is 0.748. The average Bonchev–Trinajstić information content (AvgIpc) is 3.28. The Bertz CT molecular complexity index is 725. The molecule has 2 saturated heterocycles. The maximum absolute atomic E-state index is 12.7. The summed E-state index contributed by atoms with van der Waals surface area (Å²) in [6, 6.07) is 8.07. The fourth-order valence-corrected chi connectivity index (χ4v) is 4.03. The van der Waals surface area contributed by atoms with Gasteiger partial charge in [-0.2, -0.15) is 0 Å². The summed E-state index contributed by atoms with van der Waals surface area (Å²) in [5.41, 5.74) is 2.66. The van der Waals surface area contributed by atoms with E-state index in [1.54, 1.807) is 6.26 Å². The number of fused-ring (bicyclic) bond motifs is 1. The average molecular weight is 325 g/mol. The van der Waals surface area contributed by atoms with Crippen LogP contribution in [0.4, 0.5) is 0 Å². The zero-order chi connectivity index (χ0) is 16.6. The molecule has 3 heterocycles. The lowest BCUT2D eigenvalue weighted by atomic mass is 9.93. The van der Waals surface area contributed by atoms with Crippen molar-refractivity contribution in [2.75, 3.05) is 13.1 Å². The van der Waals surface area contributed by atoms with Gasteiger partial charge >= 0.3 is 0 Å². The molecule has 2 aliphatic heterocycles. The standard InChI is InChI=1S/C19H23N3O2/c1-14-4-6-15(7-5-14)17-21-16(13-24-17)12-20-18(23)19-8-2-10-22(19)11-3-9-19/h4-7,13H,2-3,8-12H2,1H3,(H,20,23). The normalized spacial score (nSPS) is 19.4. The molecule has 2 aliphatic rings. The molecule has 0 spiro atoms. The number of aromatic nitrogens is 1. The zero-order valence-corrected chi connectivity index (χ0v) is 14.0. The molecular weight excluding hydrogens is 302 g/mol. The zero-order valence-electron chi connectivity index (χ0n) is 14.0. The molecule has 1 aromatic heterocycles. The van der Waals surface area contributed by atoms with Crippen LogP contribution < -0.4 is 5.32 Å². The summed E-state index contributed by atoms with van der Waals surface area (Å²) in [6.07, 6.45) is 5.83. The van der Waals surface area contributed by atoms with Gasteiger partial charge in [0.05, 0.1) is 12.2 Å². The molecule has 5 heteroatoms. The van der Waals surface area contributed by atoms with E-state index >= 15 is 0 Å². The van der Waals surface area contributed by atoms with Gasteiger partial charge in [-0.1, -0.05) is 17.7 Å². The highest BCUT2D eigenvalue weighted by Gasteiger charge is 2.49. The summed E-state index contributed by atoms with van der Waals surface area (Å²) < 4.78 is 5.56. The van der Waals surface area contributed by atoms with E-state index < -0.39 is 0 Å². The third kappa shape index (κ3) is 2.63. The second-order valence-corrected chi connectivity index (χ2v) is 6.92. The number of nitrogens with zero attached hydrogens (tertiary/aromatic N) is 2. The van der Waals surface area contributed by atoms with Crippen LogP contribution in [0.5, 0.6) is 0 Å². The van der Waals surface area contributed by atoms with E-state index in [2.05, 4.69) is 22.1 Å². The largest absolute Gasteiger partial charge is 0.444 e. The number of carbonyl (C=O) groups excluding carboxylic acids is 1. The molecule has 1 amide bonds. The monoisotopic (exact) mass is 325 g/mol. The van der Waals surface area contributed by atoms with Crippen LogP contribution in [-0.2, 0) is 11.3 Å². The number of aryl methyl sites for hydroxylation is 1. The lowest BCUT2D eigenvalue weighted by Crippen LogP contribution is -2.51. The van der Waals surface area contributed by atoms with Crippen LogP contribution in [-0.4, -0.2) is 34.4 Å². The van der Waals surface area contributed by atoms with Crippen LogP contribution in [0.2, 0.25) is 0 Å². The van der Waals surface area contributed by atoms with E-state index in [0.717, 1.165) is 50.0 Å². The van der Waals surface area contributed by atoms with Gasteiger partial charge < -0.3 is 9.73 Å². The van der Waals surface area contributed by atoms with E-state index in [0.29, 0.717) is 12.4 Å². The van der Waals surface area contributed by atoms with E-state index in [1.165, 1.54) is 5.56 Å². The first kappa shape index (κ1) is 15.4. The van der Waals surface area contributed by atoms with Crippen LogP contribution in [0.1, 0.15) is 36.9 Å². The number of rotatable bonds is 4. The number of nitrogens with one attached hydrogen (secondary N) is 1. The van der Waals surface area contributed by atoms with Crippen molar-refractivity contribution >= 4 is 5.91 Å². The van der Waals surface area contributed by atoms with Crippen molar-refractivity contribution in [1.29, 1.82) is 0 Å². The molecule has 0 aliphatic carbocycles. The Balaban J connectivity index is 1.41. The quantitative estimate of drug-likeness (QED) is 0.939. The lowest BCUT2D eigenvalue weighted by molar-refractivity contribution is -0.130. The second-order valence-electron chi connectivity index (χ2n) is 6.92. The number of amides is 1. The first-order valence-corrected chi connectivity index (χ1v) is 8.72. The Morgan fingerprint density at radius 2 is 1.96 bits per heavy atom. The summed E-state index contributed by atoms with van der Waals surface area (Å²) in [6.45, 7) is 4.57. The number of hydrogen-bond donors (Lipinski definition) is 1. The lowest BCUT2D eigenvalue weighted by Gasteiger charge is -2.30. The van der Waals surface area contributed by atoms with Crippen LogP contribution in [0, 0.1) is 6.92 Å². The van der Waals surface area contributed by atoms with Crippen LogP contribution in [0.25, 0.3) is 11.5 Å². The molecule has 126 valence electrons. The van der Waals surface area contributed by atoms with Gasteiger partial charge in [-0.05, 0) is 57.8 Å². The van der Waals surface area contributed by atoms with Gasteiger partial charge in [0.2, 0.25) is 11.8 Å². The maximum atomic E-state index is 12.7. The first-order chi connectivity index (χ1) is 11.7. The number of oxazole rings is 1. The fraction of sp³-hybridized carbons (Fsp3) is 0.474. The predicted molar refractivity (Wildman–Crippen MR) is 91.3 cm³/mol. The van der Waals surface area contributed by atoms with E-state index in [4.69, 9.17) is 4.42 Å². The topological polar surface area (TPSA) is 58.4 Å². The van der Waals surface area contributed by atoms with E-state index in [1.807, 2.05) is 24.3 Å². The number of hydrogen-bond acceptors (Lipinski definition) is 4. The van der Waals surface area contributed by atoms with E-state index in [-0.39, 0.29) is 11.4 Å².